The van der Waals surface area contributed by atoms with E-state index >= 15 is 0 Å². The molecule has 68 heavy (non-hydrogen) atoms. The third kappa shape index (κ3) is 9.93. The molecule has 0 aliphatic heterocycles. The maximum absolute atomic E-state index is 5.25. The van der Waals surface area contributed by atoms with Crippen LogP contribution in [0.25, 0.3) is 56.4 Å². The Kier molecular flexibility index (Phi) is 15.2. The number of nitrogens with zero attached hydrogens (tertiary/aromatic N) is 6. The first kappa shape index (κ1) is 49.5. The molecule has 6 heteroatoms. The fourth-order valence-corrected chi connectivity index (χ4v) is 10.1. The van der Waals surface area contributed by atoms with Crippen LogP contribution in [-0.2, 0) is 0 Å². The molecule has 2 aromatic heterocycles. The third-order valence-electron chi connectivity index (χ3n) is 13.3. The zero-order valence-electron chi connectivity index (χ0n) is 43.8. The van der Waals surface area contributed by atoms with Crippen LogP contribution in [0.2, 0.25) is 0 Å². The van der Waals surface area contributed by atoms with Crippen LogP contribution in [-0.4, -0.2) is 19.6 Å². The molecule has 0 saturated heterocycles. The highest BCUT2D eigenvalue weighted by molar-refractivity contribution is 5.72. The molecular formula is C62H76N6+2. The van der Waals surface area contributed by atoms with E-state index in [0.717, 1.165) is 17.5 Å². The summed E-state index contributed by atoms with van der Waals surface area (Å²) in [5.74, 6) is 5.94. The number of hydrogen-bond acceptors (Lipinski definition) is 2. The molecule has 0 aliphatic carbocycles. The van der Waals surface area contributed by atoms with Crippen molar-refractivity contribution < 1.29 is 9.13 Å². The largest absolute Gasteiger partial charge is 0.275 e. The van der Waals surface area contributed by atoms with E-state index in [4.69, 9.17) is 10.2 Å². The number of aryl methyl sites for hydroxylation is 4. The molecule has 0 N–H and O–H groups in total. The fourth-order valence-electron chi connectivity index (χ4n) is 10.1. The molecule has 0 saturated carbocycles. The lowest BCUT2D eigenvalue weighted by molar-refractivity contribution is -0.712. The molecule has 0 bridgehead atoms. The average Bonchev–Trinajstić information content (AvgIpc) is 3.84. The summed E-state index contributed by atoms with van der Waals surface area (Å²) in [6.07, 6.45) is 0. The fraction of sp³-hybridized carbons (Fsp3) is 0.355. The van der Waals surface area contributed by atoms with Gasteiger partial charge in [0.15, 0.2) is 0 Å². The minimum Gasteiger partial charge on any atom is -0.225 e. The van der Waals surface area contributed by atoms with Crippen LogP contribution in [0.1, 0.15) is 164 Å². The lowest BCUT2D eigenvalue weighted by Crippen LogP contribution is -2.40. The van der Waals surface area contributed by atoms with Crippen molar-refractivity contribution in [2.24, 2.45) is 0 Å². The van der Waals surface area contributed by atoms with Crippen molar-refractivity contribution in [3.05, 3.63) is 178 Å². The quantitative estimate of drug-likeness (QED) is 0.115. The zero-order valence-corrected chi connectivity index (χ0v) is 43.8. The lowest BCUT2D eigenvalue weighted by atomic mass is 9.88. The van der Waals surface area contributed by atoms with Crippen molar-refractivity contribution >= 4 is 0 Å². The molecular weight excluding hydrogens is 829 g/mol. The lowest BCUT2D eigenvalue weighted by Gasteiger charge is -2.20. The van der Waals surface area contributed by atoms with Crippen LogP contribution in [0.4, 0.5) is 0 Å². The maximum atomic E-state index is 5.25. The molecule has 8 rings (SSSR count). The van der Waals surface area contributed by atoms with Gasteiger partial charge in [-0.05, 0) is 157 Å². The van der Waals surface area contributed by atoms with Gasteiger partial charge in [0.1, 0.15) is 11.4 Å². The summed E-state index contributed by atoms with van der Waals surface area (Å²) in [4.78, 5) is 0. The van der Waals surface area contributed by atoms with E-state index in [2.05, 4.69) is 263 Å². The number of aromatic nitrogens is 6. The Bertz CT molecular complexity index is 2950. The van der Waals surface area contributed by atoms with Gasteiger partial charge in [0, 0.05) is 24.0 Å². The van der Waals surface area contributed by atoms with E-state index in [1.54, 1.807) is 0 Å². The Labute approximate surface area is 408 Å². The molecule has 8 aromatic rings. The Balaban J connectivity index is 0.000000203. The number of hydrogen-bond donors (Lipinski definition) is 0. The summed E-state index contributed by atoms with van der Waals surface area (Å²) in [6.45, 7) is 35.9. The van der Waals surface area contributed by atoms with Crippen molar-refractivity contribution in [2.45, 2.75) is 147 Å². The van der Waals surface area contributed by atoms with E-state index < -0.39 is 0 Å². The predicted octanol–water partition coefficient (Wildman–Crippen LogP) is 15.9. The standard InChI is InChI=1S/C33H42N3.C29H34N3/c1-21(2)28-17-13-14-18-29(28)33-35(24(7)8)25(9)34-36(33)32-30(22(3)4)19-27(20-31(32)23(5)6)26-15-11-10-12-16-26;1-19(2)26-15-11-12-16-27(26)29-31(20(3)4)23(7)30-32(29)28-21(5)17-25(18-22(28)6)24-13-9-8-10-14-24/h10-24H,1-9H3;8-20H,1-7H3/q2*+1. The second-order valence-electron chi connectivity index (χ2n) is 20.5. The molecule has 0 spiro atoms. The van der Waals surface area contributed by atoms with Crippen molar-refractivity contribution in [1.82, 2.24) is 19.6 Å². The van der Waals surface area contributed by atoms with Crippen LogP contribution in [0, 0.1) is 27.7 Å². The average molecular weight is 905 g/mol. The first-order valence-electron chi connectivity index (χ1n) is 25.0. The summed E-state index contributed by atoms with van der Waals surface area (Å²) in [6, 6.07) is 48.9. The predicted molar refractivity (Wildman–Crippen MR) is 285 cm³/mol. The highest BCUT2D eigenvalue weighted by Crippen LogP contribution is 2.39. The van der Waals surface area contributed by atoms with E-state index in [-0.39, 0.29) is 0 Å². The van der Waals surface area contributed by atoms with Gasteiger partial charge in [-0.2, -0.15) is 0 Å². The summed E-state index contributed by atoms with van der Waals surface area (Å²) in [5, 5.41) is 10.3. The summed E-state index contributed by atoms with van der Waals surface area (Å²) < 4.78 is 9.21. The first-order chi connectivity index (χ1) is 32.4. The third-order valence-corrected chi connectivity index (χ3v) is 13.3. The second kappa shape index (κ2) is 20.9. The Hall–Kier alpha value is -6.40. The molecule has 352 valence electrons. The van der Waals surface area contributed by atoms with E-state index in [9.17, 15) is 0 Å². The molecule has 0 unspecified atom stereocenters. The van der Waals surface area contributed by atoms with Gasteiger partial charge < -0.3 is 0 Å². The molecule has 6 nitrogen and oxygen atoms in total. The molecule has 0 fully saturated rings. The van der Waals surface area contributed by atoms with Gasteiger partial charge in [-0.1, -0.05) is 162 Å². The highest BCUT2D eigenvalue weighted by Gasteiger charge is 2.35. The van der Waals surface area contributed by atoms with Gasteiger partial charge in [-0.15, -0.1) is 0 Å². The van der Waals surface area contributed by atoms with Crippen LogP contribution < -0.4 is 9.13 Å². The van der Waals surface area contributed by atoms with Gasteiger partial charge in [0.2, 0.25) is 0 Å². The summed E-state index contributed by atoms with van der Waals surface area (Å²) in [5.41, 5.74) is 17.8. The topological polar surface area (TPSA) is 43.4 Å². The van der Waals surface area contributed by atoms with Crippen molar-refractivity contribution in [3.8, 4) is 56.4 Å². The summed E-state index contributed by atoms with van der Waals surface area (Å²) >= 11 is 0. The Morgan fingerprint density at radius 1 is 0.353 bits per heavy atom. The van der Waals surface area contributed by atoms with Crippen molar-refractivity contribution in [3.63, 3.8) is 0 Å². The molecule has 6 aromatic carbocycles. The van der Waals surface area contributed by atoms with Gasteiger partial charge in [0.25, 0.3) is 23.3 Å². The number of rotatable bonds is 12. The monoisotopic (exact) mass is 905 g/mol. The van der Waals surface area contributed by atoms with Gasteiger partial charge in [-0.3, -0.25) is 0 Å². The minimum absolute atomic E-state index is 0.294. The highest BCUT2D eigenvalue weighted by atomic mass is 15.4. The molecule has 2 heterocycles. The van der Waals surface area contributed by atoms with Gasteiger partial charge >= 0.3 is 0 Å². The smallest absolute Gasteiger partial charge is 0.225 e. The Morgan fingerprint density at radius 3 is 1.03 bits per heavy atom. The zero-order chi connectivity index (χ0) is 49.1. The molecule has 0 radical (unpaired) electrons. The van der Waals surface area contributed by atoms with E-state index in [1.165, 1.54) is 84.0 Å². The van der Waals surface area contributed by atoms with E-state index in [0.29, 0.717) is 35.8 Å². The molecule has 0 amide bonds. The molecule has 0 aliphatic rings. The van der Waals surface area contributed by atoms with Gasteiger partial charge in [0.05, 0.1) is 23.2 Å². The first-order valence-corrected chi connectivity index (χ1v) is 25.0. The Morgan fingerprint density at radius 2 is 0.676 bits per heavy atom. The second-order valence-corrected chi connectivity index (χ2v) is 20.5. The van der Waals surface area contributed by atoms with Gasteiger partial charge in [-0.25, -0.2) is 9.13 Å². The SMILES string of the molecule is Cc1cc(-c2ccccc2)cc(C)c1-n1nc(C)[n+](C(C)C)c1-c1ccccc1C(C)C.Cc1nn(-c2c(C(C)C)cc(-c3ccccc3)cc2C(C)C)c(-c2ccccc2C(C)C)[n+]1C(C)C. The van der Waals surface area contributed by atoms with Crippen LogP contribution in [0.15, 0.2) is 133 Å². The van der Waals surface area contributed by atoms with Crippen LogP contribution >= 0.6 is 0 Å². The molecule has 0 atom stereocenters. The van der Waals surface area contributed by atoms with Crippen molar-refractivity contribution in [1.29, 1.82) is 0 Å². The summed E-state index contributed by atoms with van der Waals surface area (Å²) in [7, 11) is 0. The van der Waals surface area contributed by atoms with Crippen LogP contribution in [0.5, 0.6) is 0 Å². The van der Waals surface area contributed by atoms with Crippen LogP contribution in [0.3, 0.4) is 0 Å². The normalized spacial score (nSPS) is 11.7. The van der Waals surface area contributed by atoms with E-state index in [1.807, 2.05) is 0 Å². The maximum Gasteiger partial charge on any atom is 0.275 e. The minimum atomic E-state index is 0.294. The van der Waals surface area contributed by atoms with Crippen molar-refractivity contribution in [2.75, 3.05) is 0 Å². The number of benzene rings is 6.